The van der Waals surface area contributed by atoms with Crippen molar-refractivity contribution < 1.29 is 4.79 Å². The van der Waals surface area contributed by atoms with Crippen molar-refractivity contribution in [3.05, 3.63) is 65.2 Å². The number of amides is 1. The number of pyridine rings is 1. The Kier molecular flexibility index (Phi) is 4.41. The van der Waals surface area contributed by atoms with Crippen molar-refractivity contribution in [2.24, 2.45) is 0 Å². The Morgan fingerprint density at radius 3 is 2.74 bits per heavy atom. The first-order valence-electron chi connectivity index (χ1n) is 6.89. The Bertz CT molecular complexity index is 840. The van der Waals surface area contributed by atoms with E-state index in [0.717, 1.165) is 11.3 Å². The molecule has 0 fully saturated rings. The number of carbonyl (C=O) groups excluding carboxylic acids is 1. The predicted octanol–water partition coefficient (Wildman–Crippen LogP) is 3.45. The number of thiazole rings is 1. The third-order valence-corrected chi connectivity index (χ3v) is 4.07. The summed E-state index contributed by atoms with van der Waals surface area (Å²) in [5, 5.41) is 14.4. The molecule has 3 rings (SSSR count). The lowest BCUT2D eigenvalue weighted by atomic mass is 10.1. The van der Waals surface area contributed by atoms with E-state index in [1.807, 2.05) is 41.8 Å². The van der Waals surface area contributed by atoms with Crippen molar-refractivity contribution in [2.75, 3.05) is 5.32 Å². The SMILES string of the molecule is N#C[C@H](C(=O)Nc1cccnc1)c1nc(-c2ccccc2)cs1. The van der Waals surface area contributed by atoms with E-state index in [-0.39, 0.29) is 0 Å². The molecule has 0 saturated carbocycles. The van der Waals surface area contributed by atoms with Gasteiger partial charge in [-0.2, -0.15) is 5.26 Å². The highest BCUT2D eigenvalue weighted by molar-refractivity contribution is 7.10. The van der Waals surface area contributed by atoms with Gasteiger partial charge < -0.3 is 5.32 Å². The van der Waals surface area contributed by atoms with Crippen LogP contribution in [0.5, 0.6) is 0 Å². The average Bonchev–Trinajstić information content (AvgIpc) is 3.07. The fraction of sp³-hybridized carbons (Fsp3) is 0.0588. The number of aromatic nitrogens is 2. The molecule has 0 aliphatic carbocycles. The molecule has 3 aromatic rings. The minimum Gasteiger partial charge on any atom is -0.323 e. The molecule has 0 bridgehead atoms. The second-order valence-corrected chi connectivity index (χ2v) is 5.62. The molecule has 0 spiro atoms. The maximum Gasteiger partial charge on any atom is 0.248 e. The van der Waals surface area contributed by atoms with E-state index in [2.05, 4.69) is 15.3 Å². The van der Waals surface area contributed by atoms with Crippen LogP contribution in [0, 0.1) is 11.3 Å². The highest BCUT2D eigenvalue weighted by atomic mass is 32.1. The van der Waals surface area contributed by atoms with Crippen molar-refractivity contribution in [1.29, 1.82) is 5.26 Å². The summed E-state index contributed by atoms with van der Waals surface area (Å²) in [6, 6.07) is 15.1. The number of nitriles is 1. The Morgan fingerprint density at radius 2 is 2.04 bits per heavy atom. The van der Waals surface area contributed by atoms with Crippen LogP contribution in [0.1, 0.15) is 10.9 Å². The van der Waals surface area contributed by atoms with Gasteiger partial charge in [0.15, 0.2) is 5.92 Å². The number of anilines is 1. The van der Waals surface area contributed by atoms with Crippen molar-refractivity contribution in [3.8, 4) is 17.3 Å². The number of nitrogens with one attached hydrogen (secondary N) is 1. The van der Waals surface area contributed by atoms with E-state index in [1.54, 1.807) is 18.3 Å². The second-order valence-electron chi connectivity index (χ2n) is 4.73. The number of carbonyl (C=O) groups is 1. The third kappa shape index (κ3) is 3.42. The smallest absolute Gasteiger partial charge is 0.248 e. The molecule has 1 aromatic carbocycles. The summed E-state index contributed by atoms with van der Waals surface area (Å²) >= 11 is 1.31. The van der Waals surface area contributed by atoms with E-state index in [1.165, 1.54) is 17.5 Å². The number of nitrogens with zero attached hydrogens (tertiary/aromatic N) is 3. The fourth-order valence-electron chi connectivity index (χ4n) is 2.04. The molecule has 0 radical (unpaired) electrons. The zero-order valence-corrected chi connectivity index (χ0v) is 12.8. The summed E-state index contributed by atoms with van der Waals surface area (Å²) in [6.07, 6.45) is 3.15. The van der Waals surface area contributed by atoms with Crippen LogP contribution >= 0.6 is 11.3 Å². The van der Waals surface area contributed by atoms with Crippen LogP contribution in [-0.4, -0.2) is 15.9 Å². The summed E-state index contributed by atoms with van der Waals surface area (Å²) in [7, 11) is 0. The first-order chi connectivity index (χ1) is 11.3. The number of rotatable bonds is 4. The molecule has 1 atom stereocenters. The molecule has 0 unspecified atom stereocenters. The van der Waals surface area contributed by atoms with Gasteiger partial charge in [-0.3, -0.25) is 9.78 Å². The highest BCUT2D eigenvalue weighted by Gasteiger charge is 2.24. The molecule has 5 nitrogen and oxygen atoms in total. The van der Waals surface area contributed by atoms with Gasteiger partial charge in [0, 0.05) is 17.1 Å². The minimum absolute atomic E-state index is 0.408. The summed E-state index contributed by atoms with van der Waals surface area (Å²) in [5.41, 5.74) is 2.27. The molecular formula is C17H12N4OS. The Balaban J connectivity index is 1.80. The lowest BCUT2D eigenvalue weighted by Crippen LogP contribution is -2.20. The molecule has 2 aromatic heterocycles. The second kappa shape index (κ2) is 6.81. The van der Waals surface area contributed by atoms with E-state index < -0.39 is 11.8 Å². The largest absolute Gasteiger partial charge is 0.323 e. The fourth-order valence-corrected chi connectivity index (χ4v) is 2.91. The van der Waals surface area contributed by atoms with Crippen LogP contribution in [0.25, 0.3) is 11.3 Å². The molecule has 0 aliphatic heterocycles. The number of benzene rings is 1. The Hall–Kier alpha value is -3.04. The van der Waals surface area contributed by atoms with Crippen LogP contribution < -0.4 is 5.32 Å². The van der Waals surface area contributed by atoms with Gasteiger partial charge in [0.25, 0.3) is 0 Å². The number of hydrogen-bond donors (Lipinski definition) is 1. The molecular weight excluding hydrogens is 308 g/mol. The Morgan fingerprint density at radius 1 is 1.22 bits per heavy atom. The van der Waals surface area contributed by atoms with Gasteiger partial charge >= 0.3 is 0 Å². The summed E-state index contributed by atoms with van der Waals surface area (Å²) in [5.74, 6) is -1.35. The van der Waals surface area contributed by atoms with Crippen molar-refractivity contribution in [2.45, 2.75) is 5.92 Å². The molecule has 6 heteroatoms. The van der Waals surface area contributed by atoms with Crippen LogP contribution in [-0.2, 0) is 4.79 Å². The average molecular weight is 320 g/mol. The maximum absolute atomic E-state index is 12.3. The molecule has 1 amide bonds. The lowest BCUT2D eigenvalue weighted by molar-refractivity contribution is -0.116. The minimum atomic E-state index is -0.947. The van der Waals surface area contributed by atoms with Crippen molar-refractivity contribution >= 4 is 22.9 Å². The van der Waals surface area contributed by atoms with E-state index in [9.17, 15) is 10.1 Å². The third-order valence-electron chi connectivity index (χ3n) is 3.16. The monoisotopic (exact) mass is 320 g/mol. The first-order valence-corrected chi connectivity index (χ1v) is 7.77. The zero-order chi connectivity index (χ0) is 16.1. The van der Waals surface area contributed by atoms with Gasteiger partial charge in [-0.25, -0.2) is 4.98 Å². The van der Waals surface area contributed by atoms with Crippen LogP contribution in [0.15, 0.2) is 60.2 Å². The topological polar surface area (TPSA) is 78.7 Å². The van der Waals surface area contributed by atoms with Gasteiger partial charge in [-0.05, 0) is 12.1 Å². The molecule has 0 aliphatic rings. The van der Waals surface area contributed by atoms with Crippen LogP contribution in [0.2, 0.25) is 0 Å². The van der Waals surface area contributed by atoms with Crippen LogP contribution in [0.4, 0.5) is 5.69 Å². The lowest BCUT2D eigenvalue weighted by Gasteiger charge is -2.07. The quantitative estimate of drug-likeness (QED) is 0.798. The Labute approximate surface area is 137 Å². The zero-order valence-electron chi connectivity index (χ0n) is 12.0. The van der Waals surface area contributed by atoms with E-state index in [4.69, 9.17) is 0 Å². The molecule has 23 heavy (non-hydrogen) atoms. The van der Waals surface area contributed by atoms with Gasteiger partial charge in [-0.1, -0.05) is 30.3 Å². The van der Waals surface area contributed by atoms with Crippen molar-refractivity contribution in [1.82, 2.24) is 9.97 Å². The van der Waals surface area contributed by atoms with Gasteiger partial charge in [0.2, 0.25) is 5.91 Å². The summed E-state index contributed by atoms with van der Waals surface area (Å²) < 4.78 is 0. The number of hydrogen-bond acceptors (Lipinski definition) is 5. The molecule has 1 N–H and O–H groups in total. The summed E-state index contributed by atoms with van der Waals surface area (Å²) in [6.45, 7) is 0. The summed E-state index contributed by atoms with van der Waals surface area (Å²) in [4.78, 5) is 20.7. The molecule has 0 saturated heterocycles. The van der Waals surface area contributed by atoms with Gasteiger partial charge in [0.1, 0.15) is 5.01 Å². The van der Waals surface area contributed by atoms with Crippen molar-refractivity contribution in [3.63, 3.8) is 0 Å². The standard InChI is InChI=1S/C17H12N4OS/c18-9-14(16(22)20-13-7-4-8-19-10-13)17-21-15(11-23-17)12-5-2-1-3-6-12/h1-8,10-11,14H,(H,20,22)/t14-/m1/s1. The highest BCUT2D eigenvalue weighted by Crippen LogP contribution is 2.27. The van der Waals surface area contributed by atoms with Gasteiger partial charge in [0.05, 0.1) is 23.6 Å². The predicted molar refractivity (Wildman–Crippen MR) is 88.8 cm³/mol. The molecule has 112 valence electrons. The van der Waals surface area contributed by atoms with Gasteiger partial charge in [-0.15, -0.1) is 11.3 Å². The maximum atomic E-state index is 12.3. The first kappa shape index (κ1) is 14.9. The van der Waals surface area contributed by atoms with E-state index >= 15 is 0 Å². The molecule has 2 heterocycles. The van der Waals surface area contributed by atoms with E-state index in [0.29, 0.717) is 10.7 Å². The van der Waals surface area contributed by atoms with Crippen LogP contribution in [0.3, 0.4) is 0 Å². The normalized spacial score (nSPS) is 11.4.